The summed E-state index contributed by atoms with van der Waals surface area (Å²) in [6.07, 6.45) is 0.948. The molecule has 2 atom stereocenters. The van der Waals surface area contributed by atoms with Crippen molar-refractivity contribution >= 4 is 35.2 Å². The minimum atomic E-state index is -0.212. The summed E-state index contributed by atoms with van der Waals surface area (Å²) in [5, 5.41) is 0. The third kappa shape index (κ3) is 1.82. The maximum absolute atomic E-state index is 11.2. The summed E-state index contributed by atoms with van der Waals surface area (Å²) in [5.41, 5.74) is 7.73. The van der Waals surface area contributed by atoms with Crippen LogP contribution in [0.15, 0.2) is 24.3 Å². The molecule has 14 heavy (non-hydrogen) atoms. The molecule has 1 aromatic carbocycles. The molecule has 4 heteroatoms. The number of hydrogen-bond acceptors (Lipinski definition) is 1. The van der Waals surface area contributed by atoms with Crippen molar-refractivity contribution in [3.63, 3.8) is 0 Å². The van der Waals surface area contributed by atoms with Crippen molar-refractivity contribution in [1.29, 1.82) is 0 Å². The van der Waals surface area contributed by atoms with Gasteiger partial charge >= 0.3 is 85.7 Å². The number of carbonyl (C=O) groups excluding carboxylic acids is 1. The van der Waals surface area contributed by atoms with Gasteiger partial charge < -0.3 is 0 Å². The zero-order valence-electron chi connectivity index (χ0n) is 7.51. The molecule has 1 amide bonds. The first-order chi connectivity index (χ1) is 6.20. The van der Waals surface area contributed by atoms with Crippen LogP contribution in [0.25, 0.3) is 0 Å². The van der Waals surface area contributed by atoms with E-state index in [9.17, 15) is 4.79 Å². The summed E-state index contributed by atoms with van der Waals surface area (Å²) in [4.78, 5) is 11.2. The van der Waals surface area contributed by atoms with Crippen molar-refractivity contribution in [1.82, 2.24) is 0 Å². The van der Waals surface area contributed by atoms with Crippen LogP contribution in [0.5, 0.6) is 0 Å². The van der Waals surface area contributed by atoms with E-state index in [1.807, 2.05) is 18.2 Å². The zero-order chi connectivity index (χ0) is 9.42. The average Bonchev–Trinajstić information content (AvgIpc) is 2.39. The molecule has 74 valence electrons. The van der Waals surface area contributed by atoms with Crippen LogP contribution in [-0.4, -0.2) is 22.8 Å². The SMILES string of the molecule is Cl.NC(=O)C1c2ccccc2CC1[As]. The fraction of sp³-hybridized carbons (Fsp3) is 0.300. The average molecular weight is 272 g/mol. The van der Waals surface area contributed by atoms with Crippen molar-refractivity contribution in [3.8, 4) is 0 Å². The number of nitrogens with two attached hydrogens (primary N) is 1. The number of benzene rings is 1. The summed E-state index contributed by atoms with van der Waals surface area (Å²) in [5.74, 6) is -0.313. The van der Waals surface area contributed by atoms with E-state index in [2.05, 4.69) is 22.9 Å². The van der Waals surface area contributed by atoms with Gasteiger partial charge in [0.25, 0.3) is 0 Å². The van der Waals surface area contributed by atoms with Gasteiger partial charge in [0, 0.05) is 0 Å². The van der Waals surface area contributed by atoms with E-state index >= 15 is 0 Å². The van der Waals surface area contributed by atoms with Crippen molar-refractivity contribution in [2.24, 2.45) is 5.73 Å². The van der Waals surface area contributed by atoms with Gasteiger partial charge in [-0.25, -0.2) is 0 Å². The molecule has 0 saturated heterocycles. The second-order valence-corrected chi connectivity index (χ2v) is 4.74. The van der Waals surface area contributed by atoms with Crippen LogP contribution in [0.2, 0.25) is 4.71 Å². The maximum atomic E-state index is 11.2. The zero-order valence-corrected chi connectivity index (χ0v) is 10.2. The number of fused-ring (bicyclic) bond motifs is 1. The van der Waals surface area contributed by atoms with E-state index in [1.54, 1.807) is 0 Å². The molecule has 0 aromatic heterocycles. The molecule has 0 saturated carbocycles. The first-order valence-electron chi connectivity index (χ1n) is 4.25. The van der Waals surface area contributed by atoms with Gasteiger partial charge in [0.15, 0.2) is 0 Å². The predicted octanol–water partition coefficient (Wildman–Crippen LogP) is 1.19. The first kappa shape index (κ1) is 11.6. The normalized spacial score (nSPS) is 23.8. The molecule has 1 aliphatic carbocycles. The summed E-state index contributed by atoms with van der Waals surface area (Å²) in [6, 6.07) is 8.03. The summed E-state index contributed by atoms with van der Waals surface area (Å²) >= 11 is 2.55. The van der Waals surface area contributed by atoms with E-state index in [0.717, 1.165) is 12.0 Å². The molecule has 2 radical (unpaired) electrons. The van der Waals surface area contributed by atoms with Gasteiger partial charge in [-0.3, -0.25) is 0 Å². The van der Waals surface area contributed by atoms with Gasteiger partial charge in [0.2, 0.25) is 0 Å². The van der Waals surface area contributed by atoms with E-state index in [-0.39, 0.29) is 24.2 Å². The first-order valence-corrected chi connectivity index (χ1v) is 5.33. The number of hydrogen-bond donors (Lipinski definition) is 1. The molecule has 0 spiro atoms. The number of carbonyl (C=O) groups is 1. The molecule has 0 fully saturated rings. The quantitative estimate of drug-likeness (QED) is 0.766. The minimum absolute atomic E-state index is 0. The second-order valence-electron chi connectivity index (χ2n) is 3.35. The van der Waals surface area contributed by atoms with Gasteiger partial charge in [-0.1, -0.05) is 0 Å². The molecule has 2 N–H and O–H groups in total. The Labute approximate surface area is 98.2 Å². The van der Waals surface area contributed by atoms with Gasteiger partial charge in [0.05, 0.1) is 0 Å². The molecule has 2 unspecified atom stereocenters. The van der Waals surface area contributed by atoms with Crippen LogP contribution in [0.4, 0.5) is 0 Å². The Morgan fingerprint density at radius 3 is 2.71 bits per heavy atom. The van der Waals surface area contributed by atoms with Gasteiger partial charge in [-0.15, -0.1) is 12.4 Å². The van der Waals surface area contributed by atoms with Crippen molar-refractivity contribution in [2.45, 2.75) is 17.0 Å². The third-order valence-corrected chi connectivity index (χ3v) is 3.52. The molecular formula is C10H11AsClNO. The Morgan fingerprint density at radius 2 is 2.07 bits per heavy atom. The molecule has 1 aliphatic rings. The Kier molecular flexibility index (Phi) is 3.63. The predicted molar refractivity (Wildman–Crippen MR) is 58.8 cm³/mol. The monoisotopic (exact) mass is 271 g/mol. The molecule has 2 nitrogen and oxygen atoms in total. The Hall–Kier alpha value is -0.462. The van der Waals surface area contributed by atoms with E-state index < -0.39 is 0 Å². The standard InChI is InChI=1S/C10H10AsNO.ClH/c11-8-5-6-3-1-2-4-7(6)9(8)10(12)13;/h1-4,8-9H,5H2,(H2,12,13);1H. The van der Waals surface area contributed by atoms with E-state index in [0.29, 0.717) is 4.71 Å². The van der Waals surface area contributed by atoms with Gasteiger partial charge in [-0.05, 0) is 0 Å². The third-order valence-electron chi connectivity index (χ3n) is 2.51. The number of amides is 1. The second kappa shape index (κ2) is 4.37. The van der Waals surface area contributed by atoms with Gasteiger partial charge in [-0.2, -0.15) is 0 Å². The molecule has 0 heterocycles. The molecule has 0 bridgehead atoms. The van der Waals surface area contributed by atoms with E-state index in [4.69, 9.17) is 5.73 Å². The summed E-state index contributed by atoms with van der Waals surface area (Å²) < 4.78 is 0.294. The van der Waals surface area contributed by atoms with Crippen LogP contribution < -0.4 is 5.73 Å². The molecular weight excluding hydrogens is 260 g/mol. The van der Waals surface area contributed by atoms with Crippen LogP contribution in [0, 0.1) is 0 Å². The Morgan fingerprint density at radius 1 is 1.43 bits per heavy atom. The molecule has 2 rings (SSSR count). The fourth-order valence-electron chi connectivity index (χ4n) is 1.92. The Bertz CT molecular complexity index is 356. The van der Waals surface area contributed by atoms with Crippen LogP contribution >= 0.6 is 12.4 Å². The fourth-order valence-corrected chi connectivity index (χ4v) is 2.97. The van der Waals surface area contributed by atoms with Crippen LogP contribution in [0.1, 0.15) is 17.0 Å². The Balaban J connectivity index is 0.000000980. The summed E-state index contributed by atoms with van der Waals surface area (Å²) in [6.45, 7) is 0. The van der Waals surface area contributed by atoms with Gasteiger partial charge in [0.1, 0.15) is 0 Å². The van der Waals surface area contributed by atoms with Crippen molar-refractivity contribution in [3.05, 3.63) is 35.4 Å². The number of primary amides is 1. The number of halogens is 1. The molecule has 0 aliphatic heterocycles. The summed E-state index contributed by atoms with van der Waals surface area (Å²) in [7, 11) is 0. The van der Waals surface area contributed by atoms with Crippen LogP contribution in [0.3, 0.4) is 0 Å². The van der Waals surface area contributed by atoms with E-state index in [1.165, 1.54) is 5.56 Å². The number of rotatable bonds is 1. The van der Waals surface area contributed by atoms with Crippen molar-refractivity contribution in [2.75, 3.05) is 0 Å². The topological polar surface area (TPSA) is 43.1 Å². The molecule has 1 aromatic rings. The van der Waals surface area contributed by atoms with Crippen molar-refractivity contribution < 1.29 is 4.79 Å². The van der Waals surface area contributed by atoms with Crippen LogP contribution in [-0.2, 0) is 11.2 Å².